The van der Waals surface area contributed by atoms with Gasteiger partial charge in [-0.1, -0.05) is 27.7 Å². The Kier molecular flexibility index (Phi) is 4.77. The predicted octanol–water partition coefficient (Wildman–Crippen LogP) is 2.29. The van der Waals surface area contributed by atoms with Crippen LogP contribution in [0, 0.1) is 23.2 Å². The highest BCUT2D eigenvalue weighted by Crippen LogP contribution is 2.31. The Morgan fingerprint density at radius 3 is 2.28 bits per heavy atom. The highest BCUT2D eigenvalue weighted by molar-refractivity contribution is 5.80. The number of aliphatic carboxylic acids is 1. The smallest absolute Gasteiger partial charge is 0.306 e. The molecular weight excluding hydrogens is 230 g/mol. The van der Waals surface area contributed by atoms with E-state index in [9.17, 15) is 9.59 Å². The summed E-state index contributed by atoms with van der Waals surface area (Å²) in [6.07, 6.45) is 1.82. The average Bonchev–Trinajstić information content (AvgIpc) is 2.73. The minimum Gasteiger partial charge on any atom is -0.481 e. The number of hydrogen-bond donors (Lipinski definition) is 2. The zero-order valence-corrected chi connectivity index (χ0v) is 11.8. The van der Waals surface area contributed by atoms with E-state index in [1.54, 1.807) is 0 Å². The Labute approximate surface area is 109 Å². The minimum atomic E-state index is -0.770. The van der Waals surface area contributed by atoms with Gasteiger partial charge < -0.3 is 10.4 Å². The summed E-state index contributed by atoms with van der Waals surface area (Å²) < 4.78 is 0. The van der Waals surface area contributed by atoms with Gasteiger partial charge in [-0.25, -0.2) is 0 Å². The van der Waals surface area contributed by atoms with Crippen LogP contribution < -0.4 is 5.32 Å². The molecule has 2 N–H and O–H groups in total. The lowest BCUT2D eigenvalue weighted by Crippen LogP contribution is -2.36. The maximum atomic E-state index is 11.9. The molecule has 18 heavy (non-hydrogen) atoms. The number of rotatable bonds is 4. The highest BCUT2D eigenvalue weighted by atomic mass is 16.4. The van der Waals surface area contributed by atoms with Crippen molar-refractivity contribution in [3.05, 3.63) is 0 Å². The molecule has 0 aromatic rings. The summed E-state index contributed by atoms with van der Waals surface area (Å²) in [4.78, 5) is 22.8. The summed E-state index contributed by atoms with van der Waals surface area (Å²) >= 11 is 0. The van der Waals surface area contributed by atoms with Gasteiger partial charge in [-0.15, -0.1) is 0 Å². The molecule has 1 amide bonds. The first-order chi connectivity index (χ1) is 8.21. The van der Waals surface area contributed by atoms with Gasteiger partial charge in [-0.2, -0.15) is 0 Å². The molecule has 1 aliphatic rings. The van der Waals surface area contributed by atoms with E-state index in [0.717, 1.165) is 0 Å². The summed E-state index contributed by atoms with van der Waals surface area (Å²) in [5.74, 6) is -0.791. The largest absolute Gasteiger partial charge is 0.481 e. The second kappa shape index (κ2) is 5.72. The lowest BCUT2D eigenvalue weighted by atomic mass is 9.82. The van der Waals surface area contributed by atoms with Gasteiger partial charge in [-0.3, -0.25) is 9.59 Å². The summed E-state index contributed by atoms with van der Waals surface area (Å²) in [5.41, 5.74) is 0.173. The molecule has 3 atom stereocenters. The fourth-order valence-corrected chi connectivity index (χ4v) is 2.15. The van der Waals surface area contributed by atoms with Gasteiger partial charge >= 0.3 is 5.97 Å². The van der Waals surface area contributed by atoms with Crippen molar-refractivity contribution >= 4 is 11.9 Å². The molecular formula is C14H25NO3. The predicted molar refractivity (Wildman–Crippen MR) is 70.1 cm³/mol. The molecule has 3 unspecified atom stereocenters. The zero-order chi connectivity index (χ0) is 13.9. The molecule has 1 fully saturated rings. The van der Waals surface area contributed by atoms with Crippen LogP contribution in [0.5, 0.6) is 0 Å². The van der Waals surface area contributed by atoms with Crippen LogP contribution in [0.1, 0.15) is 47.0 Å². The number of carbonyl (C=O) groups excluding carboxylic acids is 1. The molecule has 4 nitrogen and oxygen atoms in total. The lowest BCUT2D eigenvalue weighted by Gasteiger charge is -2.27. The molecule has 0 aliphatic heterocycles. The van der Waals surface area contributed by atoms with Crippen LogP contribution in [0.25, 0.3) is 0 Å². The van der Waals surface area contributed by atoms with Gasteiger partial charge in [0.1, 0.15) is 0 Å². The van der Waals surface area contributed by atoms with Gasteiger partial charge in [0.2, 0.25) is 5.91 Å². The highest BCUT2D eigenvalue weighted by Gasteiger charge is 2.34. The summed E-state index contributed by atoms with van der Waals surface area (Å²) in [5, 5.41) is 11.9. The van der Waals surface area contributed by atoms with Gasteiger partial charge in [0.05, 0.1) is 5.92 Å². The van der Waals surface area contributed by atoms with Crippen molar-refractivity contribution in [3.8, 4) is 0 Å². The number of carboxylic acid groups (broad SMARTS) is 1. The monoisotopic (exact) mass is 255 g/mol. The first kappa shape index (κ1) is 15.0. The first-order valence-corrected chi connectivity index (χ1v) is 6.72. The van der Waals surface area contributed by atoms with Crippen molar-refractivity contribution in [2.45, 2.75) is 47.0 Å². The number of hydrogen-bond acceptors (Lipinski definition) is 2. The molecule has 104 valence electrons. The molecule has 1 aliphatic carbocycles. The van der Waals surface area contributed by atoms with Crippen molar-refractivity contribution in [1.29, 1.82) is 0 Å². The van der Waals surface area contributed by atoms with E-state index in [4.69, 9.17) is 5.11 Å². The Morgan fingerprint density at radius 2 is 1.83 bits per heavy atom. The maximum Gasteiger partial charge on any atom is 0.306 e. The second-order valence-electron chi connectivity index (χ2n) is 6.56. The molecule has 0 aromatic heterocycles. The molecule has 4 heteroatoms. The Balaban J connectivity index is 2.37. The van der Waals surface area contributed by atoms with Crippen LogP contribution in [0.4, 0.5) is 0 Å². The Bertz CT molecular complexity index is 319. The number of amides is 1. The van der Waals surface area contributed by atoms with Gasteiger partial charge in [0.15, 0.2) is 0 Å². The van der Waals surface area contributed by atoms with Crippen molar-refractivity contribution in [3.63, 3.8) is 0 Å². The molecule has 0 radical (unpaired) electrons. The van der Waals surface area contributed by atoms with Crippen LogP contribution in [-0.2, 0) is 9.59 Å². The first-order valence-electron chi connectivity index (χ1n) is 6.72. The van der Waals surface area contributed by atoms with E-state index in [2.05, 4.69) is 33.0 Å². The van der Waals surface area contributed by atoms with Crippen molar-refractivity contribution in [2.24, 2.45) is 23.2 Å². The standard InChI is InChI=1S/C14H25NO3/c1-9(14(2,3)4)8-15-12(16)10-5-6-11(7-10)13(17)18/h9-11H,5-8H2,1-4H3,(H,15,16)(H,17,18). The second-order valence-corrected chi connectivity index (χ2v) is 6.56. The van der Waals surface area contributed by atoms with E-state index in [1.807, 2.05) is 0 Å². The lowest BCUT2D eigenvalue weighted by molar-refractivity contribution is -0.141. The number of carboxylic acids is 1. The van der Waals surface area contributed by atoms with E-state index < -0.39 is 5.97 Å². The van der Waals surface area contributed by atoms with E-state index in [1.165, 1.54) is 0 Å². The van der Waals surface area contributed by atoms with Crippen molar-refractivity contribution in [2.75, 3.05) is 6.54 Å². The number of nitrogens with one attached hydrogen (secondary N) is 1. The maximum absolute atomic E-state index is 11.9. The third kappa shape index (κ3) is 4.00. The fourth-order valence-electron chi connectivity index (χ4n) is 2.15. The third-order valence-electron chi connectivity index (χ3n) is 4.21. The molecule has 0 spiro atoms. The van der Waals surface area contributed by atoms with Crippen molar-refractivity contribution < 1.29 is 14.7 Å². The normalized spacial score (nSPS) is 25.8. The van der Waals surface area contributed by atoms with Crippen LogP contribution >= 0.6 is 0 Å². The van der Waals surface area contributed by atoms with E-state index >= 15 is 0 Å². The summed E-state index contributed by atoms with van der Waals surface area (Å²) in [7, 11) is 0. The van der Waals surface area contributed by atoms with Gasteiger partial charge in [0.25, 0.3) is 0 Å². The molecule has 0 bridgehead atoms. The fraction of sp³-hybridized carbons (Fsp3) is 0.857. The van der Waals surface area contributed by atoms with Gasteiger partial charge in [-0.05, 0) is 30.6 Å². The molecule has 0 saturated heterocycles. The molecule has 0 heterocycles. The minimum absolute atomic E-state index is 0.0230. The molecule has 1 rings (SSSR count). The average molecular weight is 255 g/mol. The van der Waals surface area contributed by atoms with E-state index in [0.29, 0.717) is 31.7 Å². The number of carbonyl (C=O) groups is 2. The van der Waals surface area contributed by atoms with Crippen LogP contribution in [0.15, 0.2) is 0 Å². The molecule has 1 saturated carbocycles. The van der Waals surface area contributed by atoms with Crippen LogP contribution in [-0.4, -0.2) is 23.5 Å². The van der Waals surface area contributed by atoms with Gasteiger partial charge in [0, 0.05) is 12.5 Å². The molecule has 0 aromatic carbocycles. The Morgan fingerprint density at radius 1 is 1.28 bits per heavy atom. The third-order valence-corrected chi connectivity index (χ3v) is 4.21. The quantitative estimate of drug-likeness (QED) is 0.810. The van der Waals surface area contributed by atoms with Crippen molar-refractivity contribution in [1.82, 2.24) is 5.32 Å². The summed E-state index contributed by atoms with van der Waals surface area (Å²) in [6.45, 7) is 9.24. The summed E-state index contributed by atoms with van der Waals surface area (Å²) in [6, 6.07) is 0. The SMILES string of the molecule is CC(CNC(=O)C1CCC(C(=O)O)C1)C(C)(C)C. The topological polar surface area (TPSA) is 66.4 Å². The van der Waals surface area contributed by atoms with Crippen LogP contribution in [0.2, 0.25) is 0 Å². The Hall–Kier alpha value is -1.06. The van der Waals surface area contributed by atoms with E-state index in [-0.39, 0.29) is 23.2 Å². The van der Waals surface area contributed by atoms with Crippen LogP contribution in [0.3, 0.4) is 0 Å². The zero-order valence-electron chi connectivity index (χ0n) is 11.8.